The molecule has 0 aliphatic carbocycles. The van der Waals surface area contributed by atoms with Crippen LogP contribution in [0.5, 0.6) is 0 Å². The summed E-state index contributed by atoms with van der Waals surface area (Å²) in [6.45, 7) is -0.285. The first kappa shape index (κ1) is 15.3. The van der Waals surface area contributed by atoms with Gasteiger partial charge < -0.3 is 5.11 Å². The molecule has 0 aliphatic heterocycles. The molecule has 0 fully saturated rings. The van der Waals surface area contributed by atoms with Gasteiger partial charge in [0.05, 0.1) is 27.8 Å². The van der Waals surface area contributed by atoms with Crippen molar-refractivity contribution in [2.24, 2.45) is 0 Å². The molecule has 0 amide bonds. The van der Waals surface area contributed by atoms with Crippen LogP contribution in [0.3, 0.4) is 0 Å². The highest BCUT2D eigenvalue weighted by Crippen LogP contribution is 2.23. The molecule has 0 bridgehead atoms. The molecule has 0 saturated carbocycles. The number of aliphatic hydroxyl groups excluding tert-OH is 1. The van der Waals surface area contributed by atoms with Gasteiger partial charge in [0, 0.05) is 5.56 Å². The zero-order valence-corrected chi connectivity index (χ0v) is 12.3. The number of para-hydroxylation sites is 1. The highest BCUT2D eigenvalue weighted by atomic mass is 35.5. The van der Waals surface area contributed by atoms with Crippen LogP contribution in [0.15, 0.2) is 47.4 Å². The molecule has 2 rings (SSSR count). The molecule has 0 unspecified atom stereocenters. The number of anilines is 1. The van der Waals surface area contributed by atoms with Crippen molar-refractivity contribution in [1.29, 1.82) is 5.26 Å². The van der Waals surface area contributed by atoms with E-state index in [1.54, 1.807) is 24.3 Å². The summed E-state index contributed by atoms with van der Waals surface area (Å²) in [5, 5.41) is 18.1. The van der Waals surface area contributed by atoms with E-state index in [9.17, 15) is 13.5 Å². The molecule has 0 aliphatic rings. The molecule has 0 aromatic heterocycles. The van der Waals surface area contributed by atoms with Crippen LogP contribution >= 0.6 is 11.6 Å². The fourth-order valence-corrected chi connectivity index (χ4v) is 3.13. The van der Waals surface area contributed by atoms with Gasteiger partial charge in [0.2, 0.25) is 0 Å². The first-order valence-corrected chi connectivity index (χ1v) is 7.75. The van der Waals surface area contributed by atoms with E-state index in [0.717, 1.165) is 0 Å². The molecule has 0 saturated heterocycles. The number of hydrogen-bond acceptors (Lipinski definition) is 4. The minimum atomic E-state index is -3.85. The Morgan fingerprint density at radius 3 is 2.57 bits per heavy atom. The Kier molecular flexibility index (Phi) is 4.48. The minimum Gasteiger partial charge on any atom is -0.392 e. The van der Waals surface area contributed by atoms with Gasteiger partial charge in [-0.1, -0.05) is 29.8 Å². The van der Waals surface area contributed by atoms with Crippen molar-refractivity contribution in [2.75, 3.05) is 4.72 Å². The maximum Gasteiger partial charge on any atom is 0.261 e. The third-order valence-electron chi connectivity index (χ3n) is 2.80. The van der Waals surface area contributed by atoms with Crippen molar-refractivity contribution < 1.29 is 13.5 Å². The van der Waals surface area contributed by atoms with Crippen LogP contribution < -0.4 is 4.72 Å². The Morgan fingerprint density at radius 1 is 1.24 bits per heavy atom. The van der Waals surface area contributed by atoms with E-state index in [-0.39, 0.29) is 22.1 Å². The second kappa shape index (κ2) is 6.14. The molecular formula is C14H11ClN2O3S. The van der Waals surface area contributed by atoms with Crippen molar-refractivity contribution in [2.45, 2.75) is 11.5 Å². The lowest BCUT2D eigenvalue weighted by molar-refractivity contribution is 0.282. The molecule has 0 radical (unpaired) electrons. The molecule has 2 aromatic rings. The number of halogens is 1. The van der Waals surface area contributed by atoms with Gasteiger partial charge in [-0.05, 0) is 24.3 Å². The van der Waals surface area contributed by atoms with E-state index >= 15 is 0 Å². The minimum absolute atomic E-state index is 0.0563. The van der Waals surface area contributed by atoms with Gasteiger partial charge in [-0.3, -0.25) is 4.72 Å². The van der Waals surface area contributed by atoms with Crippen LogP contribution in [-0.2, 0) is 16.6 Å². The molecule has 0 heterocycles. The van der Waals surface area contributed by atoms with Crippen LogP contribution in [0.1, 0.15) is 11.1 Å². The van der Waals surface area contributed by atoms with Gasteiger partial charge in [-0.15, -0.1) is 0 Å². The van der Waals surface area contributed by atoms with Crippen LogP contribution in [0.25, 0.3) is 0 Å². The number of sulfonamides is 1. The fourth-order valence-electron chi connectivity index (χ4n) is 1.72. The molecule has 7 heteroatoms. The molecule has 108 valence electrons. The van der Waals surface area contributed by atoms with Gasteiger partial charge in [0.25, 0.3) is 10.0 Å². The lowest BCUT2D eigenvalue weighted by atomic mass is 10.2. The summed E-state index contributed by atoms with van der Waals surface area (Å²) >= 11 is 5.84. The van der Waals surface area contributed by atoms with Crippen molar-refractivity contribution in [1.82, 2.24) is 0 Å². The number of benzene rings is 2. The second-order valence-corrected chi connectivity index (χ2v) is 6.26. The highest BCUT2D eigenvalue weighted by molar-refractivity contribution is 7.92. The van der Waals surface area contributed by atoms with E-state index in [2.05, 4.69) is 4.72 Å². The van der Waals surface area contributed by atoms with E-state index in [1.165, 1.54) is 18.2 Å². The maximum absolute atomic E-state index is 12.3. The monoisotopic (exact) mass is 322 g/mol. The molecule has 2 aromatic carbocycles. The molecule has 2 N–H and O–H groups in total. The zero-order chi connectivity index (χ0) is 15.5. The number of aliphatic hydroxyl groups is 1. The summed E-state index contributed by atoms with van der Waals surface area (Å²) in [6, 6.07) is 12.2. The fraction of sp³-hybridized carbons (Fsp3) is 0.0714. The van der Waals surface area contributed by atoms with Crippen molar-refractivity contribution >= 4 is 27.3 Å². The van der Waals surface area contributed by atoms with Crippen molar-refractivity contribution in [3.63, 3.8) is 0 Å². The summed E-state index contributed by atoms with van der Waals surface area (Å²) in [5.41, 5.74) is 0.952. The molecule has 5 nitrogen and oxygen atoms in total. The van der Waals surface area contributed by atoms with E-state index in [0.29, 0.717) is 11.3 Å². The van der Waals surface area contributed by atoms with Crippen LogP contribution in [0, 0.1) is 11.3 Å². The summed E-state index contributed by atoms with van der Waals surface area (Å²) in [5.74, 6) is 0. The van der Waals surface area contributed by atoms with E-state index < -0.39 is 10.0 Å². The van der Waals surface area contributed by atoms with Crippen molar-refractivity contribution in [3.05, 3.63) is 58.6 Å². The Morgan fingerprint density at radius 2 is 1.95 bits per heavy atom. The number of nitriles is 1. The van der Waals surface area contributed by atoms with Crippen molar-refractivity contribution in [3.8, 4) is 6.07 Å². The summed E-state index contributed by atoms with van der Waals surface area (Å²) in [6.07, 6.45) is 0. The van der Waals surface area contributed by atoms with Crippen LogP contribution in [0.4, 0.5) is 5.69 Å². The van der Waals surface area contributed by atoms with Crippen LogP contribution in [-0.4, -0.2) is 13.5 Å². The highest BCUT2D eigenvalue weighted by Gasteiger charge is 2.17. The average Bonchev–Trinajstić information content (AvgIpc) is 2.47. The van der Waals surface area contributed by atoms with Gasteiger partial charge in [0.15, 0.2) is 0 Å². The van der Waals surface area contributed by atoms with Crippen LogP contribution in [0.2, 0.25) is 5.02 Å². The lowest BCUT2D eigenvalue weighted by Gasteiger charge is -2.11. The third kappa shape index (κ3) is 3.34. The predicted octanol–water partition coefficient (Wildman–Crippen LogP) is 2.50. The van der Waals surface area contributed by atoms with Gasteiger partial charge >= 0.3 is 0 Å². The topological polar surface area (TPSA) is 90.2 Å². The molecule has 0 atom stereocenters. The zero-order valence-electron chi connectivity index (χ0n) is 10.7. The predicted molar refractivity (Wildman–Crippen MR) is 79.3 cm³/mol. The SMILES string of the molecule is N#Cc1ccc(S(=O)(=O)Nc2ccccc2CO)cc1Cl. The molecule has 21 heavy (non-hydrogen) atoms. The third-order valence-corrected chi connectivity index (χ3v) is 4.48. The normalized spacial score (nSPS) is 10.9. The van der Waals surface area contributed by atoms with Gasteiger partial charge in [-0.2, -0.15) is 5.26 Å². The Hall–Kier alpha value is -2.07. The average molecular weight is 323 g/mol. The Balaban J connectivity index is 2.39. The summed E-state index contributed by atoms with van der Waals surface area (Å²) < 4.78 is 27.0. The lowest BCUT2D eigenvalue weighted by Crippen LogP contribution is -2.14. The number of rotatable bonds is 4. The summed E-state index contributed by atoms with van der Waals surface area (Å²) in [4.78, 5) is -0.0563. The van der Waals surface area contributed by atoms with Gasteiger partial charge in [-0.25, -0.2) is 8.42 Å². The number of hydrogen-bond donors (Lipinski definition) is 2. The van der Waals surface area contributed by atoms with Gasteiger partial charge in [0.1, 0.15) is 6.07 Å². The largest absolute Gasteiger partial charge is 0.392 e. The smallest absolute Gasteiger partial charge is 0.261 e. The maximum atomic E-state index is 12.3. The number of nitrogens with zero attached hydrogens (tertiary/aromatic N) is 1. The van der Waals surface area contributed by atoms with E-state index in [4.69, 9.17) is 16.9 Å². The first-order chi connectivity index (χ1) is 9.97. The molecular weight excluding hydrogens is 312 g/mol. The molecule has 0 spiro atoms. The Labute approximate surface area is 127 Å². The van der Waals surface area contributed by atoms with E-state index in [1.807, 2.05) is 6.07 Å². The Bertz CT molecular complexity index is 813. The second-order valence-electron chi connectivity index (χ2n) is 4.17. The first-order valence-electron chi connectivity index (χ1n) is 5.89. The quantitative estimate of drug-likeness (QED) is 0.905. The summed E-state index contributed by atoms with van der Waals surface area (Å²) in [7, 11) is -3.85. The standard InChI is InChI=1S/C14H11ClN2O3S/c15-13-7-12(6-5-10(13)8-16)21(19,20)17-14-4-2-1-3-11(14)9-18/h1-7,17-18H,9H2. The number of nitrogens with one attached hydrogen (secondary N) is 1.